The second-order valence-electron chi connectivity index (χ2n) is 10.8. The van der Waals surface area contributed by atoms with Crippen molar-refractivity contribution in [2.75, 3.05) is 9.62 Å². The number of hydrogen-bond acceptors (Lipinski definition) is 3. The number of aromatic nitrogens is 2. The minimum Gasteiger partial charge on any atom is -0.360 e. The number of fused-ring (bicyclic) bond motifs is 9. The zero-order valence-corrected chi connectivity index (χ0v) is 22.8. The van der Waals surface area contributed by atoms with E-state index in [-0.39, 0.29) is 6.98 Å². The van der Waals surface area contributed by atoms with Crippen molar-refractivity contribution < 1.29 is 0 Å². The normalized spacial score (nSPS) is 13.1. The first-order chi connectivity index (χ1) is 20.9. The molecule has 0 spiro atoms. The van der Waals surface area contributed by atoms with Gasteiger partial charge in [0.1, 0.15) is 5.82 Å². The van der Waals surface area contributed by atoms with Gasteiger partial charge in [-0.25, -0.2) is 4.98 Å². The highest BCUT2D eigenvalue weighted by molar-refractivity contribution is 6.86. The van der Waals surface area contributed by atoms with Crippen LogP contribution in [0.1, 0.15) is 0 Å². The molecule has 4 nitrogen and oxygen atoms in total. The summed E-state index contributed by atoms with van der Waals surface area (Å²) in [6.45, 7) is 0.0215. The van der Waals surface area contributed by atoms with Crippen LogP contribution in [0, 0.1) is 0 Å². The fourth-order valence-electron chi connectivity index (χ4n) is 6.78. The van der Waals surface area contributed by atoms with Crippen molar-refractivity contribution in [1.29, 1.82) is 0 Å². The number of anilines is 4. The maximum Gasteiger partial charge on any atom is 0.421 e. The minimum atomic E-state index is 0.0215. The van der Waals surface area contributed by atoms with Crippen molar-refractivity contribution in [2.45, 2.75) is 0 Å². The molecule has 0 atom stereocenters. The van der Waals surface area contributed by atoms with Gasteiger partial charge in [0.05, 0.1) is 22.4 Å². The first-order valence-corrected chi connectivity index (χ1v) is 14.4. The van der Waals surface area contributed by atoms with Crippen LogP contribution in [0.15, 0.2) is 152 Å². The van der Waals surface area contributed by atoms with E-state index in [1.807, 2.05) is 6.07 Å². The molecular weight excluding hydrogens is 511 g/mol. The van der Waals surface area contributed by atoms with Crippen LogP contribution in [0.2, 0.25) is 0 Å². The quantitative estimate of drug-likeness (QED) is 0.212. The van der Waals surface area contributed by atoms with E-state index < -0.39 is 0 Å². The molecule has 0 saturated heterocycles. The molecule has 0 fully saturated rings. The third-order valence-electron chi connectivity index (χ3n) is 8.56. The maximum absolute atomic E-state index is 5.08. The number of nitrogens with zero attached hydrogens (tertiary/aromatic N) is 4. The average Bonchev–Trinajstić information content (AvgIpc) is 3.62. The smallest absolute Gasteiger partial charge is 0.360 e. The van der Waals surface area contributed by atoms with Crippen molar-refractivity contribution in [1.82, 2.24) is 9.55 Å². The van der Waals surface area contributed by atoms with E-state index in [9.17, 15) is 0 Å². The van der Waals surface area contributed by atoms with Gasteiger partial charge in [-0.15, -0.1) is 0 Å². The summed E-state index contributed by atoms with van der Waals surface area (Å²) in [5, 5.41) is 0. The summed E-state index contributed by atoms with van der Waals surface area (Å²) in [6, 6.07) is 54.1. The fourth-order valence-corrected chi connectivity index (χ4v) is 6.78. The van der Waals surface area contributed by atoms with Crippen LogP contribution in [0.25, 0.3) is 39.2 Å². The zero-order valence-electron chi connectivity index (χ0n) is 22.8. The Morgan fingerprint density at radius 3 is 1.88 bits per heavy atom. The molecular formula is C37H25BN4. The second kappa shape index (κ2) is 8.98. The lowest BCUT2D eigenvalue weighted by Gasteiger charge is -2.36. The largest absolute Gasteiger partial charge is 0.421 e. The summed E-state index contributed by atoms with van der Waals surface area (Å²) in [5.41, 5.74) is 13.0. The molecule has 6 aromatic carbocycles. The van der Waals surface area contributed by atoms with Gasteiger partial charge in [0, 0.05) is 28.2 Å². The SMILES string of the molecule is c1ccc(-n2c(-c3ccc(N4B5c6ccccc6-c6ccccc6N5c5ccccc54)cc3)nc3ccccc32)cc1. The Labute approximate surface area is 244 Å². The van der Waals surface area contributed by atoms with Gasteiger partial charge in [0.15, 0.2) is 0 Å². The van der Waals surface area contributed by atoms with E-state index in [1.54, 1.807) is 0 Å². The lowest BCUT2D eigenvalue weighted by Crippen LogP contribution is -2.55. The van der Waals surface area contributed by atoms with Gasteiger partial charge in [0.25, 0.3) is 0 Å². The number of hydrogen-bond donors (Lipinski definition) is 0. The first kappa shape index (κ1) is 23.2. The number of imidazole rings is 1. The van der Waals surface area contributed by atoms with Gasteiger partial charge in [-0.3, -0.25) is 4.57 Å². The molecule has 3 heterocycles. The highest BCUT2D eigenvalue weighted by atomic mass is 15.3. The number of rotatable bonds is 3. The summed E-state index contributed by atoms with van der Waals surface area (Å²) in [7, 11) is 0. The monoisotopic (exact) mass is 536 g/mol. The van der Waals surface area contributed by atoms with Crippen LogP contribution in [-0.4, -0.2) is 16.5 Å². The maximum atomic E-state index is 5.08. The Hall–Kier alpha value is -5.55. The van der Waals surface area contributed by atoms with Gasteiger partial charge in [-0.05, 0) is 77.8 Å². The highest BCUT2D eigenvalue weighted by Gasteiger charge is 2.47. The molecule has 0 unspecified atom stereocenters. The molecule has 0 N–H and O–H groups in total. The molecule has 196 valence electrons. The molecule has 9 rings (SSSR count). The zero-order chi connectivity index (χ0) is 27.6. The third-order valence-corrected chi connectivity index (χ3v) is 8.56. The van der Waals surface area contributed by atoms with Gasteiger partial charge >= 0.3 is 6.98 Å². The lowest BCUT2D eigenvalue weighted by atomic mass is 9.59. The van der Waals surface area contributed by atoms with Gasteiger partial charge in [0.2, 0.25) is 0 Å². The van der Waals surface area contributed by atoms with E-state index in [2.05, 4.69) is 160 Å². The Morgan fingerprint density at radius 1 is 0.452 bits per heavy atom. The molecule has 5 heteroatoms. The van der Waals surface area contributed by atoms with Crippen LogP contribution in [0.3, 0.4) is 0 Å². The second-order valence-corrected chi connectivity index (χ2v) is 10.8. The van der Waals surface area contributed by atoms with E-state index in [0.717, 1.165) is 33.8 Å². The topological polar surface area (TPSA) is 24.3 Å². The Balaban J connectivity index is 1.20. The molecule has 0 saturated carbocycles. The summed E-state index contributed by atoms with van der Waals surface area (Å²) in [5.74, 6) is 0.939. The average molecular weight is 536 g/mol. The highest BCUT2D eigenvalue weighted by Crippen LogP contribution is 2.50. The van der Waals surface area contributed by atoms with Crippen LogP contribution in [-0.2, 0) is 0 Å². The Morgan fingerprint density at radius 2 is 1.07 bits per heavy atom. The van der Waals surface area contributed by atoms with Gasteiger partial charge in [-0.2, -0.15) is 0 Å². The molecule has 42 heavy (non-hydrogen) atoms. The summed E-state index contributed by atoms with van der Waals surface area (Å²) in [4.78, 5) is 10.1. The Kier molecular flexibility index (Phi) is 4.96. The molecule has 1 aromatic heterocycles. The molecule has 2 aliphatic rings. The number of para-hydroxylation sites is 6. The third kappa shape index (κ3) is 3.28. The van der Waals surface area contributed by atoms with Gasteiger partial charge in [-0.1, -0.05) is 84.9 Å². The van der Waals surface area contributed by atoms with Crippen molar-refractivity contribution in [2.24, 2.45) is 0 Å². The molecule has 2 aliphatic heterocycles. The lowest BCUT2D eigenvalue weighted by molar-refractivity contribution is 1.10. The summed E-state index contributed by atoms with van der Waals surface area (Å²) < 4.78 is 2.26. The van der Waals surface area contributed by atoms with Crippen molar-refractivity contribution in [3.63, 3.8) is 0 Å². The predicted octanol–water partition coefficient (Wildman–Crippen LogP) is 8.36. The van der Waals surface area contributed by atoms with Gasteiger partial charge < -0.3 is 9.62 Å². The minimum absolute atomic E-state index is 0.0215. The van der Waals surface area contributed by atoms with Crippen LogP contribution >= 0.6 is 0 Å². The van der Waals surface area contributed by atoms with Crippen molar-refractivity contribution in [3.05, 3.63) is 152 Å². The molecule has 0 radical (unpaired) electrons. The number of benzene rings is 6. The fraction of sp³-hybridized carbons (Fsp3) is 0. The molecule has 0 bridgehead atoms. The van der Waals surface area contributed by atoms with Crippen LogP contribution in [0.5, 0.6) is 0 Å². The van der Waals surface area contributed by atoms with E-state index in [4.69, 9.17) is 4.98 Å². The molecule has 7 aromatic rings. The van der Waals surface area contributed by atoms with Crippen molar-refractivity contribution >= 4 is 46.2 Å². The Bertz CT molecular complexity index is 2120. The van der Waals surface area contributed by atoms with E-state index in [1.165, 1.54) is 33.7 Å². The summed E-state index contributed by atoms with van der Waals surface area (Å²) >= 11 is 0. The van der Waals surface area contributed by atoms with Crippen LogP contribution in [0.4, 0.5) is 22.7 Å². The molecule has 0 amide bonds. The van der Waals surface area contributed by atoms with E-state index >= 15 is 0 Å². The van der Waals surface area contributed by atoms with Crippen LogP contribution < -0.4 is 15.1 Å². The van der Waals surface area contributed by atoms with E-state index in [0.29, 0.717) is 0 Å². The first-order valence-electron chi connectivity index (χ1n) is 14.4. The summed E-state index contributed by atoms with van der Waals surface area (Å²) in [6.07, 6.45) is 0. The molecule has 0 aliphatic carbocycles. The standard InChI is InChI=1S/C37H25BN4/c1-2-12-27(13-3-1)40-34-19-9-7-17-32(34)39-37(40)26-22-24-28(25-23-26)41-35-20-10-11-21-36(35)42-33-18-8-5-15-30(33)29-14-4-6-16-31(29)38(41)42/h1-25H. The van der Waals surface area contributed by atoms with Crippen molar-refractivity contribution in [3.8, 4) is 28.2 Å². The predicted molar refractivity (Wildman–Crippen MR) is 174 cm³/mol.